The third kappa shape index (κ3) is 6.55. The van der Waals surface area contributed by atoms with Crippen LogP contribution in [0.2, 0.25) is 0 Å². The summed E-state index contributed by atoms with van der Waals surface area (Å²) in [6, 6.07) is 21.0. The van der Waals surface area contributed by atoms with Crippen molar-refractivity contribution in [1.82, 2.24) is 9.55 Å². The smallest absolute Gasteiger partial charge is 0.0963 e. The topological polar surface area (TPSA) is 36.3 Å². The minimum absolute atomic E-state index is 0.695. The van der Waals surface area contributed by atoms with Crippen LogP contribution in [0.4, 0.5) is 0 Å². The van der Waals surface area contributed by atoms with E-state index >= 15 is 0 Å². The van der Waals surface area contributed by atoms with Gasteiger partial charge in [0.1, 0.15) is 0 Å². The first-order valence-corrected chi connectivity index (χ1v) is 10.7. The number of aryl methyl sites for hydroxylation is 1. The molecule has 2 aromatic carbocycles. The van der Waals surface area contributed by atoms with E-state index in [1.807, 2.05) is 12.4 Å². The van der Waals surface area contributed by atoms with Gasteiger partial charge in [-0.05, 0) is 25.7 Å². The number of ether oxygens (including phenoxy) is 2. The van der Waals surface area contributed by atoms with Crippen LogP contribution in [0.5, 0.6) is 0 Å². The minimum atomic E-state index is 0.695. The lowest BCUT2D eigenvalue weighted by molar-refractivity contribution is 0.0465. The highest BCUT2D eigenvalue weighted by Gasteiger charge is 2.14. The van der Waals surface area contributed by atoms with E-state index in [4.69, 9.17) is 14.5 Å². The van der Waals surface area contributed by atoms with Gasteiger partial charge in [0.05, 0.1) is 30.9 Å². The minimum Gasteiger partial charge on any atom is -0.379 e. The molecule has 1 heterocycles. The molecule has 0 aliphatic carbocycles. The van der Waals surface area contributed by atoms with Crippen molar-refractivity contribution in [2.75, 3.05) is 26.4 Å². The van der Waals surface area contributed by atoms with Crippen LogP contribution >= 0.6 is 0 Å². The molecule has 0 saturated heterocycles. The molecule has 0 fully saturated rings. The monoisotopic (exact) mass is 392 g/mol. The van der Waals surface area contributed by atoms with Crippen LogP contribution in [-0.2, 0) is 16.0 Å². The average molecular weight is 393 g/mol. The first-order chi connectivity index (χ1) is 14.4. The maximum atomic E-state index is 5.64. The lowest BCUT2D eigenvalue weighted by Crippen LogP contribution is -2.06. The van der Waals surface area contributed by atoms with Crippen LogP contribution < -0.4 is 0 Å². The molecule has 4 nitrogen and oxygen atoms in total. The van der Waals surface area contributed by atoms with Gasteiger partial charge in [0.2, 0.25) is 0 Å². The zero-order valence-electron chi connectivity index (χ0n) is 17.4. The molecule has 3 rings (SSSR count). The fraction of sp³-hybridized carbons (Fsp3) is 0.400. The van der Waals surface area contributed by atoms with Crippen molar-refractivity contribution >= 4 is 0 Å². The third-order valence-corrected chi connectivity index (χ3v) is 4.84. The third-order valence-electron chi connectivity index (χ3n) is 4.84. The molecule has 0 atom stereocenters. The lowest BCUT2D eigenvalue weighted by Gasteiger charge is -2.11. The Balaban J connectivity index is 1.54. The summed E-state index contributed by atoms with van der Waals surface area (Å²) >= 11 is 0. The molecular formula is C25H32N2O2. The number of imidazole rings is 1. The summed E-state index contributed by atoms with van der Waals surface area (Å²) in [5, 5.41) is 0. The molecule has 0 radical (unpaired) electrons. The molecule has 1 aromatic heterocycles. The molecule has 0 N–H and O–H groups in total. The van der Waals surface area contributed by atoms with Crippen LogP contribution in [0.25, 0.3) is 22.5 Å². The molecular weight excluding hydrogens is 360 g/mol. The number of hydrogen-bond acceptors (Lipinski definition) is 3. The van der Waals surface area contributed by atoms with E-state index in [0.717, 1.165) is 56.7 Å². The SMILES string of the molecule is CCCOCCOCCCCCn1cnc(-c2ccccc2)c1-c1ccccc1. The normalized spacial score (nSPS) is 11.1. The Bertz CT molecular complexity index is 815. The molecule has 4 heteroatoms. The molecule has 0 amide bonds. The molecule has 0 unspecified atom stereocenters. The summed E-state index contributed by atoms with van der Waals surface area (Å²) in [6.07, 6.45) is 6.37. The van der Waals surface area contributed by atoms with Crippen molar-refractivity contribution < 1.29 is 9.47 Å². The van der Waals surface area contributed by atoms with Crippen molar-refractivity contribution in [2.24, 2.45) is 0 Å². The van der Waals surface area contributed by atoms with E-state index in [1.54, 1.807) is 0 Å². The molecule has 0 saturated carbocycles. The largest absolute Gasteiger partial charge is 0.379 e. The van der Waals surface area contributed by atoms with Gasteiger partial charge in [-0.1, -0.05) is 67.6 Å². The first-order valence-electron chi connectivity index (χ1n) is 10.7. The molecule has 154 valence electrons. The number of hydrogen-bond donors (Lipinski definition) is 0. The van der Waals surface area contributed by atoms with E-state index in [9.17, 15) is 0 Å². The summed E-state index contributed by atoms with van der Waals surface area (Å²) in [5.74, 6) is 0. The van der Waals surface area contributed by atoms with Gasteiger partial charge in [0.15, 0.2) is 0 Å². The average Bonchev–Trinajstić information content (AvgIpc) is 3.20. The van der Waals surface area contributed by atoms with Gasteiger partial charge in [-0.2, -0.15) is 0 Å². The van der Waals surface area contributed by atoms with E-state index in [0.29, 0.717) is 13.2 Å². The number of aromatic nitrogens is 2. The molecule has 3 aromatic rings. The van der Waals surface area contributed by atoms with Crippen LogP contribution in [0.3, 0.4) is 0 Å². The van der Waals surface area contributed by atoms with E-state index in [-0.39, 0.29) is 0 Å². The van der Waals surface area contributed by atoms with Gasteiger partial charge in [-0.25, -0.2) is 4.98 Å². The molecule has 0 bridgehead atoms. The quantitative estimate of drug-likeness (QED) is 0.343. The Morgan fingerprint density at radius 1 is 0.724 bits per heavy atom. The fourth-order valence-electron chi connectivity index (χ4n) is 3.39. The Hall–Kier alpha value is -2.43. The second kappa shape index (κ2) is 12.2. The van der Waals surface area contributed by atoms with Gasteiger partial charge in [-0.3, -0.25) is 0 Å². The lowest BCUT2D eigenvalue weighted by atomic mass is 10.0. The summed E-state index contributed by atoms with van der Waals surface area (Å²) in [4.78, 5) is 4.75. The van der Waals surface area contributed by atoms with Crippen LogP contribution in [0.1, 0.15) is 32.6 Å². The number of benzene rings is 2. The van der Waals surface area contributed by atoms with Crippen LogP contribution in [-0.4, -0.2) is 36.0 Å². The van der Waals surface area contributed by atoms with Crippen molar-refractivity contribution in [1.29, 1.82) is 0 Å². The fourth-order valence-corrected chi connectivity index (χ4v) is 3.39. The van der Waals surface area contributed by atoms with E-state index < -0.39 is 0 Å². The molecule has 0 aliphatic heterocycles. The van der Waals surface area contributed by atoms with Gasteiger partial charge in [-0.15, -0.1) is 0 Å². The van der Waals surface area contributed by atoms with Gasteiger partial charge in [0, 0.05) is 30.9 Å². The van der Waals surface area contributed by atoms with Gasteiger partial charge in [0.25, 0.3) is 0 Å². The number of rotatable bonds is 13. The highest BCUT2D eigenvalue weighted by Crippen LogP contribution is 2.31. The summed E-state index contributed by atoms with van der Waals surface area (Å²) in [5.41, 5.74) is 4.61. The van der Waals surface area contributed by atoms with Crippen LogP contribution in [0, 0.1) is 0 Å². The standard InChI is InChI=1S/C25H32N2O2/c1-2-17-28-19-20-29-18-11-5-10-16-27-21-26-24(22-12-6-3-7-13-22)25(27)23-14-8-4-9-15-23/h3-4,6-9,12-15,21H,2,5,10-11,16-20H2,1H3. The predicted octanol–water partition coefficient (Wildman–Crippen LogP) is 5.83. The second-order valence-corrected chi connectivity index (χ2v) is 7.15. The van der Waals surface area contributed by atoms with Crippen molar-refractivity contribution in [2.45, 2.75) is 39.2 Å². The Morgan fingerprint density at radius 3 is 2.07 bits per heavy atom. The van der Waals surface area contributed by atoms with Crippen LogP contribution in [0.15, 0.2) is 67.0 Å². The van der Waals surface area contributed by atoms with E-state index in [2.05, 4.69) is 66.1 Å². The van der Waals surface area contributed by atoms with Gasteiger partial charge < -0.3 is 14.0 Å². The highest BCUT2D eigenvalue weighted by molar-refractivity contribution is 5.78. The Kier molecular flexibility index (Phi) is 8.95. The van der Waals surface area contributed by atoms with Gasteiger partial charge >= 0.3 is 0 Å². The first kappa shape index (κ1) is 21.3. The maximum Gasteiger partial charge on any atom is 0.0963 e. The zero-order chi connectivity index (χ0) is 20.2. The summed E-state index contributed by atoms with van der Waals surface area (Å²) in [7, 11) is 0. The second-order valence-electron chi connectivity index (χ2n) is 7.15. The molecule has 0 aliphatic rings. The maximum absolute atomic E-state index is 5.64. The van der Waals surface area contributed by atoms with Crippen molar-refractivity contribution in [3.8, 4) is 22.5 Å². The summed E-state index contributed by atoms with van der Waals surface area (Å²) < 4.78 is 13.4. The Morgan fingerprint density at radius 2 is 1.38 bits per heavy atom. The molecule has 0 spiro atoms. The number of nitrogens with zero attached hydrogens (tertiary/aromatic N) is 2. The highest BCUT2D eigenvalue weighted by atomic mass is 16.5. The molecule has 29 heavy (non-hydrogen) atoms. The van der Waals surface area contributed by atoms with Crippen molar-refractivity contribution in [3.63, 3.8) is 0 Å². The summed E-state index contributed by atoms with van der Waals surface area (Å²) in [6.45, 7) is 6.10. The van der Waals surface area contributed by atoms with E-state index in [1.165, 1.54) is 11.3 Å². The number of unbranched alkanes of at least 4 members (excludes halogenated alkanes) is 2. The Labute approximate surface area is 174 Å². The van der Waals surface area contributed by atoms with Crippen molar-refractivity contribution in [3.05, 3.63) is 67.0 Å². The zero-order valence-corrected chi connectivity index (χ0v) is 17.4. The predicted molar refractivity (Wildman–Crippen MR) is 119 cm³/mol.